The summed E-state index contributed by atoms with van der Waals surface area (Å²) in [7, 11) is 0. The second-order valence-corrected chi connectivity index (χ2v) is 4.29. The van der Waals surface area contributed by atoms with Gasteiger partial charge >= 0.3 is 26.8 Å². The van der Waals surface area contributed by atoms with Crippen molar-refractivity contribution in [3.63, 3.8) is 0 Å². The number of carbonyl (C=O) groups excluding carboxylic acids is 1. The molecular formula is C11H12AlNO2. The Labute approximate surface area is 94.8 Å². The van der Waals surface area contributed by atoms with Gasteiger partial charge in [-0.15, -0.1) is 0 Å². The van der Waals surface area contributed by atoms with Gasteiger partial charge in [-0.1, -0.05) is 18.2 Å². The van der Waals surface area contributed by atoms with Crippen molar-refractivity contribution < 1.29 is 9.90 Å². The average molecular weight is 217 g/mol. The predicted octanol–water partition coefficient (Wildman–Crippen LogP) is 1.32. The average Bonchev–Trinajstić information content (AvgIpc) is 2.62. The fourth-order valence-electron chi connectivity index (χ4n) is 1.18. The molecule has 0 unspecified atom stereocenters. The van der Waals surface area contributed by atoms with Crippen LogP contribution in [0.5, 0.6) is 0 Å². The van der Waals surface area contributed by atoms with Gasteiger partial charge in [-0.2, -0.15) is 0 Å². The second-order valence-electron chi connectivity index (χ2n) is 3.14. The number of nitrogens with one attached hydrogen (secondary N) is 1. The molecule has 2 rings (SSSR count). The molecule has 15 heavy (non-hydrogen) atoms. The van der Waals surface area contributed by atoms with Crippen LogP contribution in [0.4, 0.5) is 0 Å². The molecule has 76 valence electrons. The molecule has 0 saturated heterocycles. The van der Waals surface area contributed by atoms with Crippen LogP contribution in [-0.4, -0.2) is 26.2 Å². The number of aromatic carboxylic acids is 1. The van der Waals surface area contributed by atoms with Crippen molar-refractivity contribution in [1.29, 1.82) is 0 Å². The summed E-state index contributed by atoms with van der Waals surface area (Å²) in [5, 5.41) is 11.3. The Morgan fingerprint density at radius 3 is 2.47 bits per heavy atom. The Morgan fingerprint density at radius 2 is 1.93 bits per heavy atom. The molecule has 1 N–H and O–H groups in total. The number of carbonyl (C=O) groups is 1. The second kappa shape index (κ2) is 5.60. The van der Waals surface area contributed by atoms with Gasteiger partial charge in [-0.3, -0.25) is 0 Å². The summed E-state index contributed by atoms with van der Waals surface area (Å²) in [6, 6.07) is 8.93. The summed E-state index contributed by atoms with van der Waals surface area (Å²) in [5.41, 5.74) is 0.938. The fraction of sp³-hybridized carbons (Fsp3) is 0.182. The zero-order valence-corrected chi connectivity index (χ0v) is 9.94. The molecule has 0 aliphatic heterocycles. The maximum absolute atomic E-state index is 10.4. The first kappa shape index (κ1) is 11.8. The van der Waals surface area contributed by atoms with Crippen molar-refractivity contribution in [2.45, 2.75) is 11.6 Å². The monoisotopic (exact) mass is 217 g/mol. The van der Waals surface area contributed by atoms with Crippen LogP contribution in [0, 0.1) is 0 Å². The first-order chi connectivity index (χ1) is 7.19. The van der Waals surface area contributed by atoms with E-state index in [1.807, 2.05) is 24.3 Å². The molecule has 0 fully saturated rings. The van der Waals surface area contributed by atoms with E-state index in [4.69, 9.17) is 0 Å². The zero-order chi connectivity index (χ0) is 11.3. The SMILES string of the molecule is O=C([O-])c1cc2ccccc2[nH]1.[CH3][Al+][CH3]. The van der Waals surface area contributed by atoms with Crippen molar-refractivity contribution in [2.24, 2.45) is 0 Å². The van der Waals surface area contributed by atoms with E-state index in [2.05, 4.69) is 16.6 Å². The van der Waals surface area contributed by atoms with Crippen molar-refractivity contribution in [2.75, 3.05) is 0 Å². The quantitative estimate of drug-likeness (QED) is 0.732. The summed E-state index contributed by atoms with van der Waals surface area (Å²) in [6.07, 6.45) is 0. The number of para-hydroxylation sites is 1. The van der Waals surface area contributed by atoms with Gasteiger partial charge in [-0.25, -0.2) is 0 Å². The number of benzene rings is 1. The summed E-state index contributed by atoms with van der Waals surface area (Å²) in [5.74, 6) is 3.24. The van der Waals surface area contributed by atoms with Crippen LogP contribution in [0.2, 0.25) is 11.6 Å². The molecule has 1 aromatic heterocycles. The van der Waals surface area contributed by atoms with Gasteiger partial charge in [0.2, 0.25) is 0 Å². The van der Waals surface area contributed by atoms with Crippen LogP contribution < -0.4 is 5.11 Å². The van der Waals surface area contributed by atoms with Crippen molar-refractivity contribution in [3.8, 4) is 0 Å². The normalized spacial score (nSPS) is 8.93. The van der Waals surface area contributed by atoms with E-state index in [0.717, 1.165) is 26.1 Å². The number of hydrogen-bond donors (Lipinski definition) is 1. The third kappa shape index (κ3) is 3.12. The topological polar surface area (TPSA) is 55.9 Å². The third-order valence-corrected chi connectivity index (χ3v) is 1.75. The van der Waals surface area contributed by atoms with Gasteiger partial charge in [0.25, 0.3) is 0 Å². The van der Waals surface area contributed by atoms with E-state index in [1.54, 1.807) is 6.07 Å². The number of carboxylic acid groups (broad SMARTS) is 1. The van der Waals surface area contributed by atoms with Crippen LogP contribution in [0.1, 0.15) is 10.5 Å². The molecule has 4 heteroatoms. The molecule has 3 nitrogen and oxygen atoms in total. The molecule has 0 saturated carbocycles. The zero-order valence-electron chi connectivity index (χ0n) is 8.78. The number of carboxylic acids is 1. The van der Waals surface area contributed by atoms with Gasteiger partial charge in [-0.05, 0) is 12.1 Å². The number of hydrogen-bond acceptors (Lipinski definition) is 2. The Hall–Kier alpha value is -1.24. The van der Waals surface area contributed by atoms with E-state index in [0.29, 0.717) is 0 Å². The van der Waals surface area contributed by atoms with E-state index in [-0.39, 0.29) is 5.69 Å². The third-order valence-electron chi connectivity index (χ3n) is 1.75. The van der Waals surface area contributed by atoms with Gasteiger partial charge < -0.3 is 14.9 Å². The Morgan fingerprint density at radius 1 is 1.33 bits per heavy atom. The molecular weight excluding hydrogens is 205 g/mol. The molecule has 0 aliphatic carbocycles. The summed E-state index contributed by atoms with van der Waals surface area (Å²) in [6.45, 7) is 0. The van der Waals surface area contributed by atoms with Crippen molar-refractivity contribution >= 4 is 32.1 Å². The number of rotatable bonds is 1. The van der Waals surface area contributed by atoms with Gasteiger partial charge in [0, 0.05) is 10.9 Å². The molecule has 0 radical (unpaired) electrons. The summed E-state index contributed by atoms with van der Waals surface area (Å²) in [4.78, 5) is 13.2. The minimum atomic E-state index is -1.17. The van der Waals surface area contributed by atoms with E-state index >= 15 is 0 Å². The maximum atomic E-state index is 10.4. The first-order valence-corrected chi connectivity index (χ1v) is 7.03. The van der Waals surface area contributed by atoms with Crippen LogP contribution >= 0.6 is 0 Å². The fourth-order valence-corrected chi connectivity index (χ4v) is 1.18. The molecule has 0 aliphatic rings. The van der Waals surface area contributed by atoms with Crippen molar-refractivity contribution in [1.82, 2.24) is 4.98 Å². The predicted molar refractivity (Wildman–Crippen MR) is 60.1 cm³/mol. The first-order valence-electron chi connectivity index (χ1n) is 4.72. The standard InChI is InChI=1S/C9H7NO2.2CH3.Al/c11-9(12)8-5-6-3-1-2-4-7(6)10-8;;;/h1-5,10H,(H,11,12);2*1H3;/q;;;+1/p-1. The van der Waals surface area contributed by atoms with Gasteiger partial charge in [0.05, 0.1) is 11.7 Å². The summed E-state index contributed by atoms with van der Waals surface area (Å²) >= 11 is 0.750. The van der Waals surface area contributed by atoms with E-state index < -0.39 is 5.97 Å². The van der Waals surface area contributed by atoms with Crippen LogP contribution in [0.3, 0.4) is 0 Å². The molecule has 2 aromatic rings. The van der Waals surface area contributed by atoms with Crippen LogP contribution in [0.15, 0.2) is 30.3 Å². The molecule has 1 aromatic carbocycles. The van der Waals surface area contributed by atoms with E-state index in [9.17, 15) is 9.90 Å². The number of H-pyrrole nitrogens is 1. The number of aromatic amines is 1. The minimum absolute atomic E-state index is 0.121. The molecule has 0 bridgehead atoms. The van der Waals surface area contributed by atoms with Crippen molar-refractivity contribution in [3.05, 3.63) is 36.0 Å². The molecule has 1 heterocycles. The number of fused-ring (bicyclic) bond motifs is 1. The molecule has 0 amide bonds. The number of aromatic nitrogens is 1. The Bertz CT molecular complexity index is 418. The molecule has 0 spiro atoms. The Kier molecular flexibility index (Phi) is 4.42. The summed E-state index contributed by atoms with van der Waals surface area (Å²) < 4.78 is 0. The molecule has 0 atom stereocenters. The van der Waals surface area contributed by atoms with Crippen LogP contribution in [-0.2, 0) is 0 Å². The van der Waals surface area contributed by atoms with E-state index in [1.165, 1.54) is 0 Å². The van der Waals surface area contributed by atoms with Gasteiger partial charge in [0.1, 0.15) is 0 Å². The van der Waals surface area contributed by atoms with Crippen LogP contribution in [0.25, 0.3) is 10.9 Å². The Balaban J connectivity index is 0.000000337. The van der Waals surface area contributed by atoms with Gasteiger partial charge in [0.15, 0.2) is 0 Å².